The van der Waals surface area contributed by atoms with Crippen LogP contribution in [-0.4, -0.2) is 39.3 Å². The molecule has 0 unspecified atom stereocenters. The van der Waals surface area contributed by atoms with Crippen molar-refractivity contribution < 1.29 is 18.3 Å². The van der Waals surface area contributed by atoms with E-state index in [1.807, 2.05) is 13.8 Å². The van der Waals surface area contributed by atoms with E-state index >= 15 is 0 Å². The monoisotopic (exact) mass is 364 g/mol. The number of rotatable bonds is 3. The van der Waals surface area contributed by atoms with Crippen LogP contribution in [0.5, 0.6) is 0 Å². The van der Waals surface area contributed by atoms with Crippen molar-refractivity contribution in [2.45, 2.75) is 50.2 Å². The van der Waals surface area contributed by atoms with Gasteiger partial charge in [-0.1, -0.05) is 0 Å². The molecule has 0 amide bonds. The minimum absolute atomic E-state index is 0.0424. The molecule has 0 bridgehead atoms. The van der Waals surface area contributed by atoms with E-state index in [0.29, 0.717) is 0 Å². The van der Waals surface area contributed by atoms with E-state index in [4.69, 9.17) is 29.9 Å². The molecule has 0 saturated carbocycles. The molecule has 1 N–H and O–H groups in total. The molecule has 2 aliphatic rings. The first-order valence-corrected chi connectivity index (χ1v) is 8.69. The molecule has 23 heavy (non-hydrogen) atoms. The summed E-state index contributed by atoms with van der Waals surface area (Å²) in [6.07, 6.45) is -0.388. The number of H-pyrrole nitrogens is 1. The predicted molar refractivity (Wildman–Crippen MR) is 83.5 cm³/mol. The third-order valence-electron chi connectivity index (χ3n) is 3.63. The lowest BCUT2D eigenvalue weighted by molar-refractivity contribution is -0.0642. The average Bonchev–Trinajstić information content (AvgIpc) is 2.70. The fourth-order valence-electron chi connectivity index (χ4n) is 2.61. The molecule has 128 valence electrons. The topological polar surface area (TPSA) is 91.8 Å². The number of halogens is 1. The Morgan fingerprint density at radius 1 is 1.52 bits per heavy atom. The Kier molecular flexibility index (Phi) is 4.66. The van der Waals surface area contributed by atoms with Crippen molar-refractivity contribution in [1.29, 1.82) is 0 Å². The Labute approximate surface area is 138 Å². The van der Waals surface area contributed by atoms with Gasteiger partial charge in [0.2, 0.25) is 0 Å². The summed E-state index contributed by atoms with van der Waals surface area (Å²) in [7, 11) is -1.51. The fourth-order valence-corrected chi connectivity index (χ4v) is 4.33. The van der Waals surface area contributed by atoms with Crippen LogP contribution in [-0.2, 0) is 18.3 Å². The van der Waals surface area contributed by atoms with E-state index in [9.17, 15) is 9.59 Å². The molecule has 3 rings (SSSR count). The number of fused-ring (bicyclic) bond motifs is 1. The molecule has 5 atom stereocenters. The summed E-state index contributed by atoms with van der Waals surface area (Å²) in [5, 5.41) is 0. The predicted octanol–water partition coefficient (Wildman–Crippen LogP) is 1.50. The van der Waals surface area contributed by atoms with E-state index < -0.39 is 43.2 Å². The van der Waals surface area contributed by atoms with Crippen LogP contribution in [0.1, 0.15) is 27.0 Å². The standard InChI is InChI=1S/C13H18ClN2O6P/c1-7(2)21-23-19-6-8-10(22-23)13(3,14)11(20-8)16-5-4-9(17)15-12(16)18/h4-5,7-8,10-11H,6H2,1-3H3,(H,15,17,18)/t8-,10-,11-,13-,23-/m1/s1. The van der Waals surface area contributed by atoms with Crippen molar-refractivity contribution in [2.75, 3.05) is 6.61 Å². The number of aromatic amines is 1. The number of aromatic nitrogens is 2. The lowest BCUT2D eigenvalue weighted by atomic mass is 10.0. The first-order valence-electron chi connectivity index (χ1n) is 7.21. The maximum absolute atomic E-state index is 12.0. The molecule has 0 spiro atoms. The van der Waals surface area contributed by atoms with Crippen molar-refractivity contribution in [3.63, 3.8) is 0 Å². The van der Waals surface area contributed by atoms with E-state index in [0.717, 1.165) is 0 Å². The van der Waals surface area contributed by atoms with Crippen LogP contribution in [0.4, 0.5) is 0 Å². The summed E-state index contributed by atoms with van der Waals surface area (Å²) in [6, 6.07) is 1.24. The number of nitrogens with one attached hydrogen (secondary N) is 1. The van der Waals surface area contributed by atoms with Crippen molar-refractivity contribution in [2.24, 2.45) is 0 Å². The number of alkyl halides is 1. The van der Waals surface area contributed by atoms with Gasteiger partial charge in [0, 0.05) is 12.3 Å². The maximum Gasteiger partial charge on any atom is 0.333 e. The molecule has 2 fully saturated rings. The molecule has 10 heteroatoms. The molecule has 0 aliphatic carbocycles. The Bertz CT molecular complexity index is 690. The summed E-state index contributed by atoms with van der Waals surface area (Å²) < 4.78 is 24.0. The molecule has 2 saturated heterocycles. The first-order chi connectivity index (χ1) is 10.8. The molecule has 1 aromatic heterocycles. The van der Waals surface area contributed by atoms with Gasteiger partial charge >= 0.3 is 14.3 Å². The Hall–Kier alpha value is -0.760. The highest BCUT2D eigenvalue weighted by atomic mass is 35.5. The van der Waals surface area contributed by atoms with E-state index in [2.05, 4.69) is 4.98 Å². The molecular formula is C13H18ClN2O6P. The molecule has 2 aliphatic heterocycles. The first kappa shape index (κ1) is 17.1. The second-order valence-electron chi connectivity index (χ2n) is 5.90. The third kappa shape index (κ3) is 3.24. The highest BCUT2D eigenvalue weighted by Gasteiger charge is 2.58. The zero-order chi connectivity index (χ0) is 16.8. The zero-order valence-corrected chi connectivity index (χ0v) is 14.5. The van der Waals surface area contributed by atoms with E-state index in [-0.39, 0.29) is 12.7 Å². The summed E-state index contributed by atoms with van der Waals surface area (Å²) in [6.45, 7) is 5.76. The zero-order valence-electron chi connectivity index (χ0n) is 12.9. The molecule has 1 aromatic rings. The molecular weight excluding hydrogens is 347 g/mol. The molecule has 0 aromatic carbocycles. The van der Waals surface area contributed by atoms with Crippen LogP contribution in [0, 0.1) is 0 Å². The average molecular weight is 365 g/mol. The quantitative estimate of drug-likeness (QED) is 0.645. The largest absolute Gasteiger partial charge is 0.347 e. The Morgan fingerprint density at radius 2 is 2.26 bits per heavy atom. The highest BCUT2D eigenvalue weighted by Crippen LogP contribution is 2.55. The van der Waals surface area contributed by atoms with Crippen molar-refractivity contribution in [3.05, 3.63) is 33.1 Å². The minimum Gasteiger partial charge on any atom is -0.347 e. The maximum atomic E-state index is 12.0. The highest BCUT2D eigenvalue weighted by molar-refractivity contribution is 7.41. The van der Waals surface area contributed by atoms with Gasteiger partial charge in [0.05, 0.1) is 12.7 Å². The van der Waals surface area contributed by atoms with Crippen LogP contribution in [0.2, 0.25) is 0 Å². The van der Waals surface area contributed by atoms with Gasteiger partial charge in [0.15, 0.2) is 6.23 Å². The normalized spacial score (nSPS) is 37.1. The van der Waals surface area contributed by atoms with Crippen LogP contribution >= 0.6 is 20.2 Å². The van der Waals surface area contributed by atoms with Crippen molar-refractivity contribution >= 4 is 20.2 Å². The van der Waals surface area contributed by atoms with Gasteiger partial charge in [0.1, 0.15) is 17.1 Å². The lowest BCUT2D eigenvalue weighted by Gasteiger charge is -2.34. The van der Waals surface area contributed by atoms with Crippen LogP contribution in [0.25, 0.3) is 0 Å². The number of ether oxygens (including phenoxy) is 1. The number of nitrogens with zero attached hydrogens (tertiary/aromatic N) is 1. The van der Waals surface area contributed by atoms with Crippen molar-refractivity contribution in [1.82, 2.24) is 9.55 Å². The summed E-state index contributed by atoms with van der Waals surface area (Å²) in [5.41, 5.74) is -1.07. The Morgan fingerprint density at radius 3 is 2.91 bits per heavy atom. The van der Waals surface area contributed by atoms with Crippen molar-refractivity contribution in [3.8, 4) is 0 Å². The summed E-state index contributed by atoms with van der Waals surface area (Å²) >= 11 is 6.65. The fraction of sp³-hybridized carbons (Fsp3) is 0.692. The van der Waals surface area contributed by atoms with Gasteiger partial charge in [-0.2, -0.15) is 0 Å². The number of hydrogen-bond acceptors (Lipinski definition) is 6. The van der Waals surface area contributed by atoms with Gasteiger partial charge < -0.3 is 18.3 Å². The smallest absolute Gasteiger partial charge is 0.333 e. The van der Waals surface area contributed by atoms with Gasteiger partial charge in [0.25, 0.3) is 5.56 Å². The number of hydrogen-bond donors (Lipinski definition) is 1. The van der Waals surface area contributed by atoms with Crippen LogP contribution in [0.15, 0.2) is 21.9 Å². The third-order valence-corrected chi connectivity index (χ3v) is 5.38. The molecule has 0 radical (unpaired) electrons. The van der Waals surface area contributed by atoms with Gasteiger partial charge in [-0.15, -0.1) is 11.6 Å². The minimum atomic E-state index is -1.51. The van der Waals surface area contributed by atoms with Gasteiger partial charge in [-0.25, -0.2) is 4.79 Å². The molecule has 3 heterocycles. The Balaban J connectivity index is 1.86. The van der Waals surface area contributed by atoms with E-state index in [1.165, 1.54) is 16.8 Å². The lowest BCUT2D eigenvalue weighted by Crippen LogP contribution is -2.45. The molecule has 8 nitrogen and oxygen atoms in total. The van der Waals surface area contributed by atoms with Crippen LogP contribution < -0.4 is 11.2 Å². The van der Waals surface area contributed by atoms with Gasteiger partial charge in [-0.05, 0) is 20.8 Å². The van der Waals surface area contributed by atoms with Gasteiger partial charge in [-0.3, -0.25) is 14.3 Å². The van der Waals surface area contributed by atoms with E-state index in [1.54, 1.807) is 6.92 Å². The second kappa shape index (κ2) is 6.27. The summed E-state index contributed by atoms with van der Waals surface area (Å²) in [4.78, 5) is 24.4. The second-order valence-corrected chi connectivity index (χ2v) is 7.84. The SMILES string of the molecule is CC(C)O[P@@]1OC[C@H]2O[C@@H](n3ccc(=O)[nH]c3=O)[C@](C)(Cl)[C@@H]2O1. The summed E-state index contributed by atoms with van der Waals surface area (Å²) in [5.74, 6) is 0. The van der Waals surface area contributed by atoms with Crippen LogP contribution in [0.3, 0.4) is 0 Å².